The van der Waals surface area contributed by atoms with E-state index >= 15 is 0 Å². The highest BCUT2D eigenvalue weighted by Gasteiger charge is 2.15. The molecule has 0 spiro atoms. The summed E-state index contributed by atoms with van der Waals surface area (Å²) in [5.41, 5.74) is 1.55. The van der Waals surface area contributed by atoms with Gasteiger partial charge in [0.2, 0.25) is 5.78 Å². The average Bonchev–Trinajstić information content (AvgIpc) is 2.57. The molecule has 0 radical (unpaired) electrons. The third-order valence-corrected chi connectivity index (χ3v) is 2.79. The lowest BCUT2D eigenvalue weighted by Crippen LogP contribution is -2.06. The zero-order valence-electron chi connectivity index (χ0n) is 8.37. The number of aromatic nitrogens is 3. The summed E-state index contributed by atoms with van der Waals surface area (Å²) in [6.45, 7) is 1.79. The number of aryl methyl sites for hydroxylation is 1. The summed E-state index contributed by atoms with van der Waals surface area (Å²) in [5, 5.41) is 0. The van der Waals surface area contributed by atoms with Crippen LogP contribution in [0.15, 0.2) is 22.8 Å². The van der Waals surface area contributed by atoms with Gasteiger partial charge in [0.25, 0.3) is 0 Å². The van der Waals surface area contributed by atoms with Gasteiger partial charge in [-0.1, -0.05) is 15.9 Å². The zero-order chi connectivity index (χ0) is 11.7. The van der Waals surface area contributed by atoms with Crippen molar-refractivity contribution in [3.05, 3.63) is 44.7 Å². The quantitative estimate of drug-likeness (QED) is 0.662. The van der Waals surface area contributed by atoms with Crippen LogP contribution in [-0.2, 0) is 0 Å². The number of hydrogen-bond donors (Lipinski definition) is 2. The second-order valence-corrected chi connectivity index (χ2v) is 4.59. The van der Waals surface area contributed by atoms with Gasteiger partial charge in [0.1, 0.15) is 11.4 Å². The largest absolute Gasteiger partial charge is 0.334 e. The Bertz CT molecular complexity index is 602. The van der Waals surface area contributed by atoms with E-state index in [4.69, 9.17) is 12.2 Å². The van der Waals surface area contributed by atoms with E-state index in [0.717, 1.165) is 10.2 Å². The summed E-state index contributed by atoms with van der Waals surface area (Å²) < 4.78 is 1.26. The third-order valence-electron chi connectivity index (χ3n) is 2.10. The molecular formula is C10H8BrN3OS. The molecule has 82 valence electrons. The van der Waals surface area contributed by atoms with E-state index in [-0.39, 0.29) is 5.78 Å². The molecule has 0 aromatic carbocycles. The predicted octanol–water partition coefficient (Wildman–Crippen LogP) is 2.77. The highest BCUT2D eigenvalue weighted by atomic mass is 79.9. The number of ketones is 1. The van der Waals surface area contributed by atoms with Crippen LogP contribution in [0.3, 0.4) is 0 Å². The van der Waals surface area contributed by atoms with Crippen molar-refractivity contribution in [2.45, 2.75) is 6.92 Å². The number of aromatic amines is 2. The number of halogens is 1. The van der Waals surface area contributed by atoms with E-state index in [0.29, 0.717) is 16.2 Å². The lowest BCUT2D eigenvalue weighted by Gasteiger charge is -1.99. The van der Waals surface area contributed by atoms with Crippen molar-refractivity contribution in [2.24, 2.45) is 0 Å². The number of imidazole rings is 1. The maximum Gasteiger partial charge on any atom is 0.229 e. The van der Waals surface area contributed by atoms with Gasteiger partial charge >= 0.3 is 0 Å². The van der Waals surface area contributed by atoms with Crippen molar-refractivity contribution in [2.75, 3.05) is 0 Å². The van der Waals surface area contributed by atoms with Crippen molar-refractivity contribution in [1.82, 2.24) is 15.0 Å². The average molecular weight is 298 g/mol. The monoisotopic (exact) mass is 297 g/mol. The van der Waals surface area contributed by atoms with Crippen molar-refractivity contribution in [3.8, 4) is 0 Å². The Morgan fingerprint density at radius 2 is 2.25 bits per heavy atom. The Balaban J connectivity index is 2.47. The summed E-state index contributed by atoms with van der Waals surface area (Å²) in [7, 11) is 0. The molecule has 2 aromatic rings. The van der Waals surface area contributed by atoms with E-state index in [1.165, 1.54) is 0 Å². The van der Waals surface area contributed by atoms with Gasteiger partial charge in [0.05, 0.1) is 0 Å². The first-order valence-corrected chi connectivity index (χ1v) is 5.73. The van der Waals surface area contributed by atoms with Crippen LogP contribution in [0.2, 0.25) is 0 Å². The van der Waals surface area contributed by atoms with E-state index in [9.17, 15) is 4.79 Å². The highest BCUT2D eigenvalue weighted by Crippen LogP contribution is 2.13. The summed E-state index contributed by atoms with van der Waals surface area (Å²) in [5.74, 6) is -0.175. The lowest BCUT2D eigenvalue weighted by molar-refractivity contribution is 0.102. The molecule has 0 bridgehead atoms. The summed E-state index contributed by atoms with van der Waals surface area (Å²) in [6.07, 6.45) is 1.58. The number of H-pyrrole nitrogens is 2. The van der Waals surface area contributed by atoms with Crippen LogP contribution in [0, 0.1) is 11.7 Å². The Morgan fingerprint density at radius 3 is 2.81 bits per heavy atom. The van der Waals surface area contributed by atoms with E-state index in [2.05, 4.69) is 30.9 Å². The number of pyridine rings is 1. The van der Waals surface area contributed by atoms with Gasteiger partial charge in [0, 0.05) is 16.4 Å². The number of nitrogens with one attached hydrogen (secondary N) is 2. The topological polar surface area (TPSA) is 61.5 Å². The molecule has 0 fully saturated rings. The molecular weight excluding hydrogens is 290 g/mol. The molecule has 0 atom stereocenters. The molecule has 2 N–H and O–H groups in total. The molecule has 2 rings (SSSR count). The van der Waals surface area contributed by atoms with Crippen molar-refractivity contribution in [1.29, 1.82) is 0 Å². The summed E-state index contributed by atoms with van der Waals surface area (Å²) in [6, 6.07) is 3.44. The number of carbonyl (C=O) groups is 1. The van der Waals surface area contributed by atoms with Gasteiger partial charge in [-0.05, 0) is 31.3 Å². The van der Waals surface area contributed by atoms with Crippen LogP contribution in [-0.4, -0.2) is 20.7 Å². The fourth-order valence-corrected chi connectivity index (χ4v) is 1.95. The van der Waals surface area contributed by atoms with Gasteiger partial charge < -0.3 is 9.97 Å². The molecule has 0 aliphatic carbocycles. The second kappa shape index (κ2) is 4.31. The van der Waals surface area contributed by atoms with E-state index in [1.54, 1.807) is 25.3 Å². The van der Waals surface area contributed by atoms with Crippen LogP contribution in [0.4, 0.5) is 0 Å². The first-order chi connectivity index (χ1) is 7.58. The van der Waals surface area contributed by atoms with Crippen LogP contribution < -0.4 is 0 Å². The molecule has 16 heavy (non-hydrogen) atoms. The maximum absolute atomic E-state index is 12.1. The maximum atomic E-state index is 12.1. The summed E-state index contributed by atoms with van der Waals surface area (Å²) >= 11 is 8.22. The van der Waals surface area contributed by atoms with Crippen LogP contribution in [0.5, 0.6) is 0 Å². The fraction of sp³-hybridized carbons (Fsp3) is 0.100. The van der Waals surface area contributed by atoms with Crippen LogP contribution in [0.1, 0.15) is 21.9 Å². The SMILES string of the molecule is Cc1[nH]c(=S)[nH]c1C(=O)c1cc(Br)ccn1. The Hall–Kier alpha value is -1.27. The zero-order valence-corrected chi connectivity index (χ0v) is 10.8. The van der Waals surface area contributed by atoms with E-state index < -0.39 is 0 Å². The normalized spacial score (nSPS) is 10.4. The van der Waals surface area contributed by atoms with Gasteiger partial charge in [-0.15, -0.1) is 0 Å². The van der Waals surface area contributed by atoms with Crippen LogP contribution >= 0.6 is 28.1 Å². The van der Waals surface area contributed by atoms with Gasteiger partial charge in [-0.3, -0.25) is 9.78 Å². The molecule has 0 saturated carbocycles. The molecule has 0 aliphatic heterocycles. The highest BCUT2D eigenvalue weighted by molar-refractivity contribution is 9.10. The van der Waals surface area contributed by atoms with Gasteiger partial charge in [-0.2, -0.15) is 0 Å². The molecule has 0 amide bonds. The molecule has 4 nitrogen and oxygen atoms in total. The molecule has 2 aromatic heterocycles. The van der Waals surface area contributed by atoms with Crippen molar-refractivity contribution in [3.63, 3.8) is 0 Å². The first-order valence-electron chi connectivity index (χ1n) is 4.53. The van der Waals surface area contributed by atoms with Gasteiger partial charge in [-0.25, -0.2) is 0 Å². The van der Waals surface area contributed by atoms with E-state index in [1.807, 2.05) is 0 Å². The van der Waals surface area contributed by atoms with Crippen molar-refractivity contribution >= 4 is 33.9 Å². The molecule has 2 heterocycles. The van der Waals surface area contributed by atoms with Crippen molar-refractivity contribution < 1.29 is 4.79 Å². The summed E-state index contributed by atoms with van der Waals surface area (Å²) in [4.78, 5) is 21.8. The Labute approximate surface area is 105 Å². The Kier molecular flexibility index (Phi) is 3.02. The number of rotatable bonds is 2. The third kappa shape index (κ3) is 2.12. The number of carbonyl (C=O) groups excluding carboxylic acids is 1. The fourth-order valence-electron chi connectivity index (χ4n) is 1.36. The van der Waals surface area contributed by atoms with Gasteiger partial charge in [0.15, 0.2) is 4.77 Å². The molecule has 0 unspecified atom stereocenters. The number of hydrogen-bond acceptors (Lipinski definition) is 3. The Morgan fingerprint density at radius 1 is 1.50 bits per heavy atom. The molecule has 0 aliphatic rings. The smallest absolute Gasteiger partial charge is 0.229 e. The minimum absolute atomic E-state index is 0.175. The first kappa shape index (κ1) is 11.2. The van der Waals surface area contributed by atoms with Crippen LogP contribution in [0.25, 0.3) is 0 Å². The minimum atomic E-state index is -0.175. The second-order valence-electron chi connectivity index (χ2n) is 3.27. The predicted molar refractivity (Wildman–Crippen MR) is 66.1 cm³/mol. The minimum Gasteiger partial charge on any atom is -0.334 e. The number of nitrogens with zero attached hydrogens (tertiary/aromatic N) is 1. The lowest BCUT2D eigenvalue weighted by atomic mass is 10.2. The molecule has 6 heteroatoms. The standard InChI is InChI=1S/C10H8BrN3OS/c1-5-8(14-10(16)13-5)9(15)7-4-6(11)2-3-12-7/h2-4H,1H3,(H2,13,14,16). The molecule has 0 saturated heterocycles.